The van der Waals surface area contributed by atoms with Crippen molar-refractivity contribution in [2.75, 3.05) is 83.5 Å². The van der Waals surface area contributed by atoms with Crippen molar-refractivity contribution in [2.24, 2.45) is 0 Å². The molecule has 0 aliphatic carbocycles. The van der Waals surface area contributed by atoms with Crippen LogP contribution in [-0.4, -0.2) is 111 Å². The third-order valence-electron chi connectivity index (χ3n) is 10.00. The smallest absolute Gasteiger partial charge is 0.395 e. The molecule has 1 aliphatic heterocycles. The van der Waals surface area contributed by atoms with Crippen molar-refractivity contribution in [1.29, 1.82) is 0 Å². The van der Waals surface area contributed by atoms with Crippen LogP contribution in [0.5, 0.6) is 0 Å². The first kappa shape index (κ1) is 42.0. The van der Waals surface area contributed by atoms with Gasteiger partial charge in [-0.05, 0) is 71.8 Å². The van der Waals surface area contributed by atoms with Crippen molar-refractivity contribution < 1.29 is 32.6 Å². The summed E-state index contributed by atoms with van der Waals surface area (Å²) in [5, 5.41) is 9.26. The lowest BCUT2D eigenvalue weighted by Crippen LogP contribution is -2.51. The number of halogens is 3. The van der Waals surface area contributed by atoms with Gasteiger partial charge in [-0.3, -0.25) is 9.59 Å². The van der Waals surface area contributed by atoms with Crippen LogP contribution in [0.25, 0.3) is 6.08 Å². The van der Waals surface area contributed by atoms with Crippen LogP contribution < -0.4 is 9.80 Å². The Morgan fingerprint density at radius 3 is 2.04 bits per heavy atom. The molecule has 1 aliphatic rings. The van der Waals surface area contributed by atoms with Crippen LogP contribution in [0.15, 0.2) is 109 Å². The third kappa shape index (κ3) is 12.2. The van der Waals surface area contributed by atoms with E-state index in [9.17, 15) is 27.9 Å². The summed E-state index contributed by atoms with van der Waals surface area (Å²) in [6.07, 6.45) is -1.39. The molecule has 1 atom stereocenters. The van der Waals surface area contributed by atoms with Gasteiger partial charge in [-0.1, -0.05) is 66.7 Å². The highest BCUT2D eigenvalue weighted by atomic mass is 19.4. The Balaban J connectivity index is 1.37. The molecule has 1 saturated heterocycles. The van der Waals surface area contributed by atoms with Crippen molar-refractivity contribution in [3.63, 3.8) is 0 Å². The quantitative estimate of drug-likeness (QED) is 0.128. The minimum absolute atomic E-state index is 0.0766. The zero-order chi connectivity index (χ0) is 40.1. The van der Waals surface area contributed by atoms with Gasteiger partial charge in [0.25, 0.3) is 0 Å². The molecule has 4 aromatic rings. The number of alkyl halides is 3. The second-order valence-corrected chi connectivity index (χ2v) is 14.2. The molecule has 2 amide bonds. The molecule has 0 bridgehead atoms. The number of carbonyl (C=O) groups is 2. The van der Waals surface area contributed by atoms with E-state index in [0.717, 1.165) is 53.3 Å². The number of benzene rings is 4. The average Bonchev–Trinajstić information content (AvgIpc) is 3.21. The fourth-order valence-electron chi connectivity index (χ4n) is 6.60. The van der Waals surface area contributed by atoms with Crippen LogP contribution in [0.4, 0.5) is 24.5 Å². The monoisotopic (exact) mass is 771 g/mol. The molecule has 5 rings (SSSR count). The Labute approximate surface area is 328 Å². The number of rotatable bonds is 17. The molecular formula is C44H52F3N5O4. The summed E-state index contributed by atoms with van der Waals surface area (Å²) in [4.78, 5) is 38.3. The molecule has 0 saturated carbocycles. The molecule has 0 radical (unpaired) electrons. The number of anilines is 2. The molecule has 1 fully saturated rings. The number of likely N-dealkylation sites (N-methyl/N-ethyl adjacent to an activating group) is 3. The fraction of sp³-hybridized carbons (Fsp3) is 0.364. The summed E-state index contributed by atoms with van der Waals surface area (Å²) in [6.45, 7) is 5.29. The Hall–Kier alpha value is -5.17. The Bertz CT molecular complexity index is 1850. The number of morpholine rings is 1. The SMILES string of the molecule is CN(CCN(C)C(=O)[C@H](Cc1ccccc1)N(Cc1ccc(N2CCOCC2)cc1)C(=O)/C=C/c1ccc(C(F)(F)F)cc1)Cc1ccc(N(C)CCO)cc1. The molecule has 9 nitrogen and oxygen atoms in total. The zero-order valence-corrected chi connectivity index (χ0v) is 32.4. The molecular weight excluding hydrogens is 720 g/mol. The second kappa shape index (κ2) is 20.1. The van der Waals surface area contributed by atoms with E-state index in [-0.39, 0.29) is 25.5 Å². The van der Waals surface area contributed by atoms with E-state index in [1.54, 1.807) is 16.8 Å². The van der Waals surface area contributed by atoms with Gasteiger partial charge < -0.3 is 34.3 Å². The van der Waals surface area contributed by atoms with E-state index >= 15 is 0 Å². The molecule has 12 heteroatoms. The number of hydrogen-bond acceptors (Lipinski definition) is 7. The molecule has 1 heterocycles. The number of aliphatic hydroxyl groups excluding tert-OH is 1. The van der Waals surface area contributed by atoms with E-state index in [4.69, 9.17) is 4.74 Å². The zero-order valence-electron chi connectivity index (χ0n) is 32.4. The standard InChI is InChI=1S/C44H52F3N5O4/c1-48(32-36-11-18-39(19-12-36)49(2)25-28-53)23-24-50(3)43(55)41(31-35-7-5-4-6-8-35)52(33-37-13-20-40(21-14-37)51-26-29-56-30-27-51)42(54)22-15-34-9-16-38(17-10-34)44(45,46)47/h4-22,41,53H,23-33H2,1-3H3/b22-15+/t41-/m0/s1. The van der Waals surface area contributed by atoms with Crippen molar-refractivity contribution in [3.05, 3.63) is 137 Å². The van der Waals surface area contributed by atoms with Crippen LogP contribution in [0.2, 0.25) is 0 Å². The van der Waals surface area contributed by atoms with E-state index in [1.165, 1.54) is 24.3 Å². The van der Waals surface area contributed by atoms with Gasteiger partial charge in [0.1, 0.15) is 6.04 Å². The molecule has 0 spiro atoms. The Kier molecular flexibility index (Phi) is 15.1. The fourth-order valence-corrected chi connectivity index (χ4v) is 6.60. The largest absolute Gasteiger partial charge is 0.416 e. The molecule has 298 valence electrons. The topological polar surface area (TPSA) is 79.8 Å². The number of aliphatic hydroxyl groups is 1. The van der Waals surface area contributed by atoms with E-state index in [2.05, 4.69) is 21.9 Å². The lowest BCUT2D eigenvalue weighted by atomic mass is 10.0. The van der Waals surface area contributed by atoms with Crippen LogP contribution in [0, 0.1) is 0 Å². The number of hydrogen-bond donors (Lipinski definition) is 1. The van der Waals surface area contributed by atoms with Gasteiger partial charge in [0.2, 0.25) is 11.8 Å². The summed E-state index contributed by atoms with van der Waals surface area (Å²) in [5.41, 5.74) is 4.55. The van der Waals surface area contributed by atoms with Crippen molar-refractivity contribution in [1.82, 2.24) is 14.7 Å². The average molecular weight is 772 g/mol. The van der Waals surface area contributed by atoms with Crippen LogP contribution >= 0.6 is 0 Å². The van der Waals surface area contributed by atoms with Gasteiger partial charge in [0, 0.05) is 83.8 Å². The number of nitrogens with zero attached hydrogens (tertiary/aromatic N) is 5. The molecule has 0 aromatic heterocycles. The lowest BCUT2D eigenvalue weighted by Gasteiger charge is -2.34. The summed E-state index contributed by atoms with van der Waals surface area (Å²) < 4.78 is 45.1. The second-order valence-electron chi connectivity index (χ2n) is 14.2. The van der Waals surface area contributed by atoms with Crippen LogP contribution in [0.3, 0.4) is 0 Å². The molecule has 1 N–H and O–H groups in total. The summed E-state index contributed by atoms with van der Waals surface area (Å²) in [5.74, 6) is -0.658. The maximum absolute atomic E-state index is 14.5. The van der Waals surface area contributed by atoms with Gasteiger partial charge in [0.15, 0.2) is 0 Å². The Morgan fingerprint density at radius 2 is 1.41 bits per heavy atom. The number of amides is 2. The van der Waals surface area contributed by atoms with Gasteiger partial charge in [0.05, 0.1) is 25.4 Å². The summed E-state index contributed by atoms with van der Waals surface area (Å²) in [7, 11) is 5.67. The maximum Gasteiger partial charge on any atom is 0.416 e. The van der Waals surface area contributed by atoms with Crippen molar-refractivity contribution in [2.45, 2.75) is 31.7 Å². The van der Waals surface area contributed by atoms with E-state index in [0.29, 0.717) is 45.0 Å². The van der Waals surface area contributed by atoms with Crippen LogP contribution in [0.1, 0.15) is 27.8 Å². The maximum atomic E-state index is 14.5. The highest BCUT2D eigenvalue weighted by Crippen LogP contribution is 2.29. The molecule has 56 heavy (non-hydrogen) atoms. The minimum atomic E-state index is -4.47. The number of ether oxygens (including phenoxy) is 1. The van der Waals surface area contributed by atoms with Crippen LogP contribution in [-0.2, 0) is 40.0 Å². The third-order valence-corrected chi connectivity index (χ3v) is 10.00. The normalized spacial score (nSPS) is 13.9. The predicted octanol–water partition coefficient (Wildman–Crippen LogP) is 6.21. The Morgan fingerprint density at radius 1 is 0.786 bits per heavy atom. The van der Waals surface area contributed by atoms with Gasteiger partial charge in [-0.25, -0.2) is 0 Å². The van der Waals surface area contributed by atoms with Crippen molar-refractivity contribution >= 4 is 29.3 Å². The van der Waals surface area contributed by atoms with Gasteiger partial charge in [-0.2, -0.15) is 13.2 Å². The first-order chi connectivity index (χ1) is 26.9. The lowest BCUT2D eigenvalue weighted by molar-refractivity contribution is -0.143. The minimum Gasteiger partial charge on any atom is -0.395 e. The molecule has 4 aromatic carbocycles. The summed E-state index contributed by atoms with van der Waals surface area (Å²) in [6, 6.07) is 29.4. The van der Waals surface area contributed by atoms with Gasteiger partial charge in [-0.15, -0.1) is 0 Å². The number of carbonyl (C=O) groups excluding carboxylic acids is 2. The predicted molar refractivity (Wildman–Crippen MR) is 215 cm³/mol. The first-order valence-electron chi connectivity index (χ1n) is 18.9. The van der Waals surface area contributed by atoms with Crippen molar-refractivity contribution in [3.8, 4) is 0 Å². The molecule has 0 unspecified atom stereocenters. The highest BCUT2D eigenvalue weighted by Gasteiger charge is 2.32. The van der Waals surface area contributed by atoms with E-state index in [1.807, 2.05) is 85.7 Å². The van der Waals surface area contributed by atoms with Gasteiger partial charge >= 0.3 is 6.18 Å². The summed E-state index contributed by atoms with van der Waals surface area (Å²) >= 11 is 0. The highest BCUT2D eigenvalue weighted by molar-refractivity contribution is 5.95. The first-order valence-corrected chi connectivity index (χ1v) is 18.9. The van der Waals surface area contributed by atoms with E-state index < -0.39 is 23.7 Å².